The average Bonchev–Trinajstić information content (AvgIpc) is 2.92. The first-order valence-corrected chi connectivity index (χ1v) is 13.4. The highest BCUT2D eigenvalue weighted by Gasteiger charge is 2.32. The highest BCUT2D eigenvalue weighted by atomic mass is 16.5. The monoisotopic (exact) mass is 498 g/mol. The van der Waals surface area contributed by atoms with Gasteiger partial charge < -0.3 is 15.0 Å². The molecule has 1 atom stereocenters. The van der Waals surface area contributed by atoms with E-state index in [0.717, 1.165) is 47.9 Å². The maximum Gasteiger partial charge on any atom is 0.261 e. The molecule has 1 aliphatic rings. The predicted octanol–water partition coefficient (Wildman–Crippen LogP) is 5.77. The Balaban J connectivity index is 1.61. The number of amides is 2. The first-order valence-electron chi connectivity index (χ1n) is 13.4. The zero-order valence-corrected chi connectivity index (χ0v) is 22.0. The van der Waals surface area contributed by atoms with Crippen molar-refractivity contribution in [2.24, 2.45) is 0 Å². The van der Waals surface area contributed by atoms with Crippen LogP contribution in [0.5, 0.6) is 5.75 Å². The predicted molar refractivity (Wildman–Crippen MR) is 147 cm³/mol. The number of carbonyl (C=O) groups excluding carboxylic acids is 2. The van der Waals surface area contributed by atoms with E-state index >= 15 is 0 Å². The Morgan fingerprint density at radius 3 is 2.27 bits per heavy atom. The van der Waals surface area contributed by atoms with E-state index in [1.54, 1.807) is 4.90 Å². The van der Waals surface area contributed by atoms with Crippen molar-refractivity contribution in [3.8, 4) is 5.75 Å². The molecule has 3 aromatic carbocycles. The molecule has 1 aliphatic carbocycles. The molecule has 2 amide bonds. The molecular formula is C32H38N2O3. The summed E-state index contributed by atoms with van der Waals surface area (Å²) in [5.74, 6) is 0.345. The van der Waals surface area contributed by atoms with Crippen molar-refractivity contribution in [3.63, 3.8) is 0 Å². The number of hydrogen-bond donors (Lipinski definition) is 1. The summed E-state index contributed by atoms with van der Waals surface area (Å²) >= 11 is 0. The molecule has 0 aromatic heterocycles. The lowest BCUT2D eigenvalue weighted by atomic mass is 9.94. The van der Waals surface area contributed by atoms with Crippen LogP contribution < -0.4 is 10.1 Å². The number of nitrogens with one attached hydrogen (secondary N) is 1. The number of rotatable bonds is 10. The average molecular weight is 499 g/mol. The molecule has 1 N–H and O–H groups in total. The van der Waals surface area contributed by atoms with Crippen molar-refractivity contribution in [1.82, 2.24) is 10.2 Å². The van der Waals surface area contributed by atoms with E-state index in [0.29, 0.717) is 18.7 Å². The molecule has 194 valence electrons. The Labute approximate surface area is 220 Å². The van der Waals surface area contributed by atoms with Gasteiger partial charge in [0.2, 0.25) is 5.91 Å². The normalized spacial score (nSPS) is 14.5. The fourth-order valence-electron chi connectivity index (χ4n) is 4.93. The molecule has 1 saturated carbocycles. The zero-order valence-electron chi connectivity index (χ0n) is 22.0. The van der Waals surface area contributed by atoms with Crippen LogP contribution in [0.2, 0.25) is 0 Å². The van der Waals surface area contributed by atoms with Gasteiger partial charge in [0.05, 0.1) is 0 Å². The first kappa shape index (κ1) is 26.5. The van der Waals surface area contributed by atoms with Gasteiger partial charge in [-0.2, -0.15) is 0 Å². The van der Waals surface area contributed by atoms with Crippen molar-refractivity contribution < 1.29 is 14.3 Å². The molecule has 37 heavy (non-hydrogen) atoms. The smallest absolute Gasteiger partial charge is 0.261 e. The standard InChI is InChI=1S/C32H38N2O3/c1-24-17-19-29(20-18-24)37-23-31(35)34(22-27-14-10-9-11-25(27)2)30(21-26-12-5-3-6-13-26)32(36)33-28-15-7-4-8-16-28/h3,5-6,9-14,17-20,28,30H,4,7-8,15-16,21-23H2,1-2H3,(H,33,36). The van der Waals surface area contributed by atoms with E-state index in [9.17, 15) is 9.59 Å². The van der Waals surface area contributed by atoms with Gasteiger partial charge in [0, 0.05) is 19.0 Å². The Morgan fingerprint density at radius 1 is 0.892 bits per heavy atom. The van der Waals surface area contributed by atoms with Crippen LogP contribution in [0.15, 0.2) is 78.9 Å². The van der Waals surface area contributed by atoms with Gasteiger partial charge in [0.15, 0.2) is 6.61 Å². The molecule has 0 saturated heterocycles. The van der Waals surface area contributed by atoms with E-state index in [4.69, 9.17) is 4.74 Å². The van der Waals surface area contributed by atoms with Crippen LogP contribution in [0, 0.1) is 13.8 Å². The number of benzene rings is 3. The van der Waals surface area contributed by atoms with Gasteiger partial charge in [-0.1, -0.05) is 91.6 Å². The second kappa shape index (κ2) is 13.1. The van der Waals surface area contributed by atoms with Crippen molar-refractivity contribution >= 4 is 11.8 Å². The second-order valence-electron chi connectivity index (χ2n) is 10.1. The minimum absolute atomic E-state index is 0.0898. The molecule has 1 unspecified atom stereocenters. The summed E-state index contributed by atoms with van der Waals surface area (Å²) in [6.45, 7) is 4.27. The van der Waals surface area contributed by atoms with Gasteiger partial charge in [-0.15, -0.1) is 0 Å². The van der Waals surface area contributed by atoms with Crippen molar-refractivity contribution in [1.29, 1.82) is 0 Å². The maximum absolute atomic E-state index is 13.8. The summed E-state index contributed by atoms with van der Waals surface area (Å²) in [4.78, 5) is 29.3. The highest BCUT2D eigenvalue weighted by molar-refractivity contribution is 5.88. The molecule has 5 heteroatoms. The molecule has 0 bridgehead atoms. The molecule has 4 rings (SSSR count). The van der Waals surface area contributed by atoms with Crippen LogP contribution in [0.4, 0.5) is 0 Å². The summed E-state index contributed by atoms with van der Waals surface area (Å²) in [6.07, 6.45) is 5.91. The number of ether oxygens (including phenoxy) is 1. The van der Waals surface area contributed by atoms with Gasteiger partial charge in [-0.05, 0) is 55.5 Å². The van der Waals surface area contributed by atoms with Gasteiger partial charge in [-0.3, -0.25) is 9.59 Å². The molecule has 0 heterocycles. The number of carbonyl (C=O) groups is 2. The van der Waals surface area contributed by atoms with Gasteiger partial charge >= 0.3 is 0 Å². The highest BCUT2D eigenvalue weighted by Crippen LogP contribution is 2.21. The Bertz CT molecular complexity index is 1150. The van der Waals surface area contributed by atoms with Gasteiger partial charge in [-0.25, -0.2) is 0 Å². The quantitative estimate of drug-likeness (QED) is 0.386. The summed E-state index contributed by atoms with van der Waals surface area (Å²) in [7, 11) is 0. The largest absolute Gasteiger partial charge is 0.484 e. The minimum atomic E-state index is -0.641. The van der Waals surface area contributed by atoms with E-state index in [1.165, 1.54) is 6.42 Å². The van der Waals surface area contributed by atoms with Crippen molar-refractivity contribution in [2.75, 3.05) is 6.61 Å². The maximum atomic E-state index is 13.8. The lowest BCUT2D eigenvalue weighted by molar-refractivity contribution is -0.143. The third-order valence-electron chi connectivity index (χ3n) is 7.21. The molecule has 1 fully saturated rings. The first-order chi connectivity index (χ1) is 18.0. The fourth-order valence-corrected chi connectivity index (χ4v) is 4.93. The Hall–Kier alpha value is -3.60. The van der Waals surface area contributed by atoms with Crippen molar-refractivity contribution in [3.05, 3.63) is 101 Å². The number of aryl methyl sites for hydroxylation is 2. The molecule has 5 nitrogen and oxygen atoms in total. The molecule has 0 aliphatic heterocycles. The van der Waals surface area contributed by atoms with Gasteiger partial charge in [0.1, 0.15) is 11.8 Å². The van der Waals surface area contributed by atoms with Crippen LogP contribution in [-0.4, -0.2) is 35.4 Å². The van der Waals surface area contributed by atoms with E-state index < -0.39 is 6.04 Å². The SMILES string of the molecule is Cc1ccc(OCC(=O)N(Cc2ccccc2C)C(Cc2ccccc2)C(=O)NC2CCCCC2)cc1. The van der Waals surface area contributed by atoms with E-state index in [1.807, 2.05) is 92.7 Å². The summed E-state index contributed by atoms with van der Waals surface area (Å²) < 4.78 is 5.88. The third kappa shape index (κ3) is 7.69. The second-order valence-corrected chi connectivity index (χ2v) is 10.1. The summed E-state index contributed by atoms with van der Waals surface area (Å²) in [5.41, 5.74) is 4.26. The Morgan fingerprint density at radius 2 is 1.57 bits per heavy atom. The van der Waals surface area contributed by atoms with Crippen LogP contribution in [0.3, 0.4) is 0 Å². The number of nitrogens with zero attached hydrogens (tertiary/aromatic N) is 1. The van der Waals surface area contributed by atoms with Crippen LogP contribution in [0.25, 0.3) is 0 Å². The molecule has 0 spiro atoms. The lowest BCUT2D eigenvalue weighted by Gasteiger charge is -2.33. The van der Waals surface area contributed by atoms with Crippen LogP contribution in [-0.2, 0) is 22.6 Å². The van der Waals surface area contributed by atoms with Gasteiger partial charge in [0.25, 0.3) is 5.91 Å². The Kier molecular flexibility index (Phi) is 9.36. The minimum Gasteiger partial charge on any atom is -0.484 e. The van der Waals surface area contributed by atoms with Crippen LogP contribution in [0.1, 0.15) is 54.4 Å². The van der Waals surface area contributed by atoms with E-state index in [2.05, 4.69) is 5.32 Å². The molecule has 3 aromatic rings. The molecular weight excluding hydrogens is 460 g/mol. The van der Waals surface area contributed by atoms with Crippen LogP contribution >= 0.6 is 0 Å². The third-order valence-corrected chi connectivity index (χ3v) is 7.21. The number of hydrogen-bond acceptors (Lipinski definition) is 3. The fraction of sp³-hybridized carbons (Fsp3) is 0.375. The zero-order chi connectivity index (χ0) is 26.0. The summed E-state index contributed by atoms with van der Waals surface area (Å²) in [6, 6.07) is 25.1. The lowest BCUT2D eigenvalue weighted by Crippen LogP contribution is -2.53. The topological polar surface area (TPSA) is 58.6 Å². The van der Waals surface area contributed by atoms with Crippen molar-refractivity contribution in [2.45, 2.75) is 71.0 Å². The molecule has 0 radical (unpaired) electrons. The summed E-state index contributed by atoms with van der Waals surface area (Å²) in [5, 5.41) is 3.28. The van der Waals surface area contributed by atoms with E-state index in [-0.39, 0.29) is 24.5 Å².